The second-order valence-electron chi connectivity index (χ2n) is 9.60. The number of anilines is 2. The summed E-state index contributed by atoms with van der Waals surface area (Å²) in [5, 5.41) is 1.07. The fourth-order valence-electron chi connectivity index (χ4n) is 4.39. The summed E-state index contributed by atoms with van der Waals surface area (Å²) in [4.78, 5) is 56.9. The maximum atomic E-state index is 12.7. The minimum atomic E-state index is -0.575. The SMILES string of the molecule is CN(C)C1=C(Cl)C(=O)N(c2ccc(Cl)c(Cl)c2)C1=O.CN1CCN(C2=C(Cl)C(=O)N(c3ccc(Cl)c(Cl)c3)C2=O)CC1. The number of likely N-dealkylation sites (N-methyl/N-ethyl adjacent to an activating group) is 2. The molecule has 0 atom stereocenters. The highest BCUT2D eigenvalue weighted by molar-refractivity contribution is 6.53. The summed E-state index contributed by atoms with van der Waals surface area (Å²) in [6.45, 7) is 2.91. The minimum Gasteiger partial charge on any atom is -0.372 e. The van der Waals surface area contributed by atoms with E-state index in [9.17, 15) is 19.2 Å². The van der Waals surface area contributed by atoms with Crippen LogP contribution in [0.3, 0.4) is 0 Å². The minimum absolute atomic E-state index is 0.0503. The third-order valence-electron chi connectivity index (χ3n) is 6.60. The number of halogens is 6. The standard InChI is InChI=1S/C15H14Cl3N3O2.C12H9Cl3N2O2/c1-19-4-6-20(7-5-19)13-12(18)14(22)21(15(13)23)9-2-3-10(16)11(17)8-9;1-16(2)10-9(15)11(18)17(12(10)19)6-3-4-7(13)8(14)5-6/h2-3,8H,4-7H2,1H3;3-5H,1-2H3. The number of benzene rings is 2. The third-order valence-corrected chi connectivity index (χ3v) is 8.76. The van der Waals surface area contributed by atoms with Gasteiger partial charge in [-0.15, -0.1) is 0 Å². The number of hydrogen-bond donors (Lipinski definition) is 0. The van der Waals surface area contributed by atoms with Crippen molar-refractivity contribution in [3.05, 3.63) is 77.9 Å². The molecule has 2 aromatic rings. The van der Waals surface area contributed by atoms with Crippen LogP contribution >= 0.6 is 69.6 Å². The highest BCUT2D eigenvalue weighted by atomic mass is 35.5. The van der Waals surface area contributed by atoms with Crippen LogP contribution in [-0.4, -0.2) is 85.7 Å². The molecule has 0 aliphatic carbocycles. The fourth-order valence-corrected chi connectivity index (χ4v) is 5.60. The van der Waals surface area contributed by atoms with E-state index in [1.54, 1.807) is 26.2 Å². The molecule has 0 aromatic heterocycles. The molecule has 15 heteroatoms. The van der Waals surface area contributed by atoms with Crippen LogP contribution in [0.4, 0.5) is 11.4 Å². The predicted molar refractivity (Wildman–Crippen MR) is 166 cm³/mol. The Morgan fingerprint density at radius 1 is 0.595 bits per heavy atom. The Hall–Kier alpha value is -2.50. The molecule has 0 bridgehead atoms. The van der Waals surface area contributed by atoms with E-state index in [0.717, 1.165) is 22.9 Å². The van der Waals surface area contributed by atoms with Crippen molar-refractivity contribution >= 4 is 105 Å². The van der Waals surface area contributed by atoms with Crippen molar-refractivity contribution in [2.24, 2.45) is 0 Å². The van der Waals surface area contributed by atoms with E-state index in [-0.39, 0.29) is 31.5 Å². The van der Waals surface area contributed by atoms with Gasteiger partial charge in [0.05, 0.1) is 31.5 Å². The first-order valence-electron chi connectivity index (χ1n) is 12.3. The van der Waals surface area contributed by atoms with E-state index in [0.29, 0.717) is 34.5 Å². The van der Waals surface area contributed by atoms with E-state index < -0.39 is 23.6 Å². The number of rotatable bonds is 4. The van der Waals surface area contributed by atoms with Crippen molar-refractivity contribution in [2.45, 2.75) is 0 Å². The van der Waals surface area contributed by atoms with Crippen LogP contribution in [0.25, 0.3) is 0 Å². The normalized spacial score (nSPS) is 18.0. The lowest BCUT2D eigenvalue weighted by atomic mass is 10.2. The van der Waals surface area contributed by atoms with Crippen LogP contribution in [0.15, 0.2) is 57.9 Å². The van der Waals surface area contributed by atoms with Gasteiger partial charge in [0, 0.05) is 40.3 Å². The van der Waals surface area contributed by atoms with Gasteiger partial charge in [0.1, 0.15) is 21.5 Å². The van der Waals surface area contributed by atoms with Gasteiger partial charge in [-0.1, -0.05) is 69.6 Å². The average molecular weight is 694 g/mol. The highest BCUT2D eigenvalue weighted by Crippen LogP contribution is 2.35. The molecule has 5 rings (SSSR count). The first-order valence-corrected chi connectivity index (χ1v) is 14.6. The van der Waals surface area contributed by atoms with Gasteiger partial charge in [-0.2, -0.15) is 0 Å². The molecule has 0 spiro atoms. The molecular weight excluding hydrogens is 671 g/mol. The lowest BCUT2D eigenvalue weighted by Crippen LogP contribution is -2.46. The zero-order valence-corrected chi connectivity index (χ0v) is 27.0. The second-order valence-corrected chi connectivity index (χ2v) is 12.0. The summed E-state index contributed by atoms with van der Waals surface area (Å²) in [6, 6.07) is 9.09. The van der Waals surface area contributed by atoms with E-state index >= 15 is 0 Å². The maximum Gasteiger partial charge on any atom is 0.283 e. The first kappa shape index (κ1) is 32.4. The summed E-state index contributed by atoms with van der Waals surface area (Å²) in [6.07, 6.45) is 0. The van der Waals surface area contributed by atoms with Crippen molar-refractivity contribution in [1.29, 1.82) is 0 Å². The molecule has 1 fully saturated rings. The van der Waals surface area contributed by atoms with Crippen LogP contribution in [0, 0.1) is 0 Å². The highest BCUT2D eigenvalue weighted by Gasteiger charge is 2.42. The van der Waals surface area contributed by atoms with Crippen LogP contribution in [0.2, 0.25) is 20.1 Å². The fraction of sp³-hybridized carbons (Fsp3) is 0.259. The van der Waals surface area contributed by atoms with Gasteiger partial charge < -0.3 is 14.7 Å². The van der Waals surface area contributed by atoms with Crippen molar-refractivity contribution in [1.82, 2.24) is 14.7 Å². The van der Waals surface area contributed by atoms with E-state index in [4.69, 9.17) is 69.6 Å². The Morgan fingerprint density at radius 3 is 1.48 bits per heavy atom. The van der Waals surface area contributed by atoms with Gasteiger partial charge in [-0.05, 0) is 43.4 Å². The molecule has 3 aliphatic rings. The molecule has 4 amide bonds. The van der Waals surface area contributed by atoms with Gasteiger partial charge in [-0.3, -0.25) is 19.2 Å². The van der Waals surface area contributed by atoms with Gasteiger partial charge >= 0.3 is 0 Å². The first-order chi connectivity index (χ1) is 19.7. The molecule has 1 saturated heterocycles. The van der Waals surface area contributed by atoms with Gasteiger partial charge in [-0.25, -0.2) is 9.80 Å². The molecule has 42 heavy (non-hydrogen) atoms. The lowest BCUT2D eigenvalue weighted by Gasteiger charge is -2.34. The van der Waals surface area contributed by atoms with Gasteiger partial charge in [0.15, 0.2) is 0 Å². The zero-order chi connectivity index (χ0) is 31.0. The van der Waals surface area contributed by atoms with Crippen LogP contribution in [0.1, 0.15) is 0 Å². The van der Waals surface area contributed by atoms with Gasteiger partial charge in [0.2, 0.25) is 0 Å². The third kappa shape index (κ3) is 6.24. The molecule has 222 valence electrons. The van der Waals surface area contributed by atoms with E-state index in [1.807, 2.05) is 11.9 Å². The number of piperazine rings is 1. The molecule has 0 N–H and O–H groups in total. The second kappa shape index (κ2) is 13.0. The Bertz CT molecular complexity index is 1550. The smallest absolute Gasteiger partial charge is 0.283 e. The van der Waals surface area contributed by atoms with Crippen LogP contribution in [0.5, 0.6) is 0 Å². The zero-order valence-electron chi connectivity index (χ0n) is 22.4. The molecule has 0 radical (unpaired) electrons. The summed E-state index contributed by atoms with van der Waals surface area (Å²) < 4.78 is 0. The number of imide groups is 2. The predicted octanol–water partition coefficient (Wildman–Crippen LogP) is 5.44. The molecule has 3 heterocycles. The number of hydrogen-bond acceptors (Lipinski definition) is 7. The maximum absolute atomic E-state index is 12.7. The molecule has 0 saturated carbocycles. The van der Waals surface area contributed by atoms with Crippen molar-refractivity contribution < 1.29 is 19.2 Å². The van der Waals surface area contributed by atoms with E-state index in [1.165, 1.54) is 29.2 Å². The summed E-state index contributed by atoms with van der Waals surface area (Å²) >= 11 is 35.6. The summed E-state index contributed by atoms with van der Waals surface area (Å²) in [5.74, 6) is -2.03. The molecule has 9 nitrogen and oxygen atoms in total. The Balaban J connectivity index is 0.000000197. The Labute approximate surface area is 272 Å². The molecular formula is C27H23Cl6N5O4. The van der Waals surface area contributed by atoms with Crippen molar-refractivity contribution in [3.8, 4) is 0 Å². The molecule has 3 aliphatic heterocycles. The topological polar surface area (TPSA) is 84.5 Å². The lowest BCUT2D eigenvalue weighted by molar-refractivity contribution is -0.122. The largest absolute Gasteiger partial charge is 0.372 e. The quantitative estimate of drug-likeness (QED) is 0.395. The molecule has 0 unspecified atom stereocenters. The number of carbonyl (C=O) groups is 4. The van der Waals surface area contributed by atoms with Gasteiger partial charge in [0.25, 0.3) is 23.6 Å². The summed E-state index contributed by atoms with van der Waals surface area (Å²) in [7, 11) is 5.29. The molecule has 2 aromatic carbocycles. The Morgan fingerprint density at radius 2 is 1.05 bits per heavy atom. The summed E-state index contributed by atoms with van der Waals surface area (Å²) in [5.41, 5.74) is 1.10. The number of amides is 4. The van der Waals surface area contributed by atoms with Crippen molar-refractivity contribution in [3.63, 3.8) is 0 Å². The van der Waals surface area contributed by atoms with Crippen molar-refractivity contribution in [2.75, 3.05) is 57.1 Å². The monoisotopic (exact) mass is 691 g/mol. The van der Waals surface area contributed by atoms with E-state index in [2.05, 4.69) is 4.90 Å². The van der Waals surface area contributed by atoms with Crippen LogP contribution < -0.4 is 9.80 Å². The number of nitrogens with zero attached hydrogens (tertiary/aromatic N) is 5. The Kier molecular flexibility index (Phi) is 10.0. The number of carbonyl (C=O) groups excluding carboxylic acids is 4. The van der Waals surface area contributed by atoms with Crippen LogP contribution in [-0.2, 0) is 19.2 Å². The average Bonchev–Trinajstić information content (AvgIpc) is 3.30.